The fourth-order valence-electron chi connectivity index (χ4n) is 2.12. The smallest absolute Gasteiger partial charge is 0.328 e. The molecule has 3 atom stereocenters. The number of carbonyl (C=O) groups is 2. The third-order valence-electron chi connectivity index (χ3n) is 3.26. The van der Waals surface area contributed by atoms with Crippen LogP contribution in [0.5, 0.6) is 0 Å². The van der Waals surface area contributed by atoms with Gasteiger partial charge in [-0.1, -0.05) is 5.18 Å². The van der Waals surface area contributed by atoms with Crippen LogP contribution in [-0.2, 0) is 9.59 Å². The maximum absolute atomic E-state index is 11.2. The highest BCUT2D eigenvalue weighted by Gasteiger charge is 2.49. The Balaban J connectivity index is 3.00. The highest BCUT2D eigenvalue weighted by molar-refractivity contribution is 7.80. The number of carboxylic acid groups (broad SMARTS) is 1. The van der Waals surface area contributed by atoms with Crippen molar-refractivity contribution in [1.82, 2.24) is 10.2 Å². The van der Waals surface area contributed by atoms with Crippen LogP contribution in [0.2, 0.25) is 0 Å². The molecule has 0 aromatic rings. The number of hydrogen-bond acceptors (Lipinski definition) is 6. The Hall–Kier alpha value is -1.15. The predicted octanol–water partition coefficient (Wildman–Crippen LogP) is 0.0624. The van der Waals surface area contributed by atoms with Gasteiger partial charge in [0, 0.05) is 19.9 Å². The van der Waals surface area contributed by atoms with Crippen molar-refractivity contribution in [2.24, 2.45) is 5.18 Å². The Morgan fingerprint density at radius 1 is 1.61 bits per heavy atom. The Morgan fingerprint density at radius 3 is 2.61 bits per heavy atom. The minimum atomic E-state index is -1.34. The van der Waals surface area contributed by atoms with Crippen molar-refractivity contribution in [2.75, 3.05) is 13.6 Å². The summed E-state index contributed by atoms with van der Waals surface area (Å²) in [4.78, 5) is 35.3. The highest BCUT2D eigenvalue weighted by atomic mass is 32.1. The average Bonchev–Trinajstić information content (AvgIpc) is 2.29. The number of hydrogen-bond donors (Lipinski definition) is 3. The van der Waals surface area contributed by atoms with Crippen LogP contribution in [-0.4, -0.2) is 52.4 Å². The van der Waals surface area contributed by atoms with Crippen LogP contribution in [0.4, 0.5) is 0 Å². The van der Waals surface area contributed by atoms with Gasteiger partial charge in [-0.25, -0.2) is 4.79 Å². The molecular weight excluding hydrogens is 258 g/mol. The molecule has 1 aliphatic heterocycles. The molecule has 1 amide bonds. The number of aliphatic carboxylic acids is 1. The van der Waals surface area contributed by atoms with E-state index in [9.17, 15) is 19.6 Å². The number of amides is 1. The summed E-state index contributed by atoms with van der Waals surface area (Å²) in [6, 6.07) is -1.31. The molecular formula is C10H17N3O4S. The molecule has 0 saturated carbocycles. The van der Waals surface area contributed by atoms with Gasteiger partial charge in [-0.15, -0.1) is 0 Å². The molecule has 1 aliphatic rings. The molecule has 102 valence electrons. The third-order valence-corrected chi connectivity index (χ3v) is 3.83. The Kier molecular flexibility index (Phi) is 4.69. The molecule has 1 saturated heterocycles. The van der Waals surface area contributed by atoms with Crippen molar-refractivity contribution in [3.05, 3.63) is 4.91 Å². The minimum Gasteiger partial charge on any atom is -0.480 e. The van der Waals surface area contributed by atoms with E-state index in [0.29, 0.717) is 6.54 Å². The van der Waals surface area contributed by atoms with Crippen molar-refractivity contribution in [1.29, 1.82) is 0 Å². The Bertz CT molecular complexity index is 365. The van der Waals surface area contributed by atoms with Gasteiger partial charge in [-0.05, 0) is 13.5 Å². The number of nitrogens with one attached hydrogen (secondary N) is 1. The largest absolute Gasteiger partial charge is 0.480 e. The van der Waals surface area contributed by atoms with E-state index in [1.165, 1.54) is 6.92 Å². The molecule has 2 N–H and O–H groups in total. The van der Waals surface area contributed by atoms with Gasteiger partial charge in [-0.3, -0.25) is 9.69 Å². The molecule has 0 radical (unpaired) electrons. The molecule has 8 heteroatoms. The lowest BCUT2D eigenvalue weighted by atomic mass is 9.81. The molecule has 0 aromatic carbocycles. The van der Waals surface area contributed by atoms with Crippen LogP contribution in [0.1, 0.15) is 19.8 Å². The topological polar surface area (TPSA) is 99.1 Å². The number of thiol groups is 1. The maximum Gasteiger partial charge on any atom is 0.328 e. The first-order valence-corrected chi connectivity index (χ1v) is 6.07. The van der Waals surface area contributed by atoms with E-state index in [1.54, 1.807) is 0 Å². The summed E-state index contributed by atoms with van der Waals surface area (Å²) in [5, 5.41) is 14.2. The van der Waals surface area contributed by atoms with Gasteiger partial charge in [0.2, 0.25) is 5.91 Å². The molecule has 1 heterocycles. The van der Waals surface area contributed by atoms with Gasteiger partial charge in [0.25, 0.3) is 0 Å². The number of nitroso groups, excluding NO2 is 1. The molecule has 0 aromatic heterocycles. The van der Waals surface area contributed by atoms with E-state index in [0.717, 1.165) is 0 Å². The third kappa shape index (κ3) is 2.99. The van der Waals surface area contributed by atoms with Crippen molar-refractivity contribution in [2.45, 2.75) is 36.7 Å². The zero-order valence-electron chi connectivity index (χ0n) is 10.3. The van der Waals surface area contributed by atoms with Crippen molar-refractivity contribution < 1.29 is 14.7 Å². The van der Waals surface area contributed by atoms with Crippen LogP contribution < -0.4 is 5.32 Å². The van der Waals surface area contributed by atoms with Gasteiger partial charge in [-0.2, -0.15) is 17.5 Å². The van der Waals surface area contributed by atoms with Crippen LogP contribution in [0.25, 0.3) is 0 Å². The molecule has 0 bridgehead atoms. The number of rotatable bonds is 4. The fourth-order valence-corrected chi connectivity index (χ4v) is 2.55. The van der Waals surface area contributed by atoms with Crippen LogP contribution in [0.15, 0.2) is 5.18 Å². The second-order valence-electron chi connectivity index (χ2n) is 4.58. The van der Waals surface area contributed by atoms with Gasteiger partial charge >= 0.3 is 5.97 Å². The number of carbonyl (C=O) groups excluding carboxylic acids is 1. The Morgan fingerprint density at radius 2 is 2.22 bits per heavy atom. The second-order valence-corrected chi connectivity index (χ2v) is 5.18. The first-order valence-electron chi connectivity index (χ1n) is 5.55. The summed E-state index contributed by atoms with van der Waals surface area (Å²) in [7, 11) is 1.83. The monoisotopic (exact) mass is 275 g/mol. The summed E-state index contributed by atoms with van der Waals surface area (Å²) in [6.07, 6.45) is 0.467. The second kappa shape index (κ2) is 5.66. The predicted molar refractivity (Wildman–Crippen MR) is 68.4 cm³/mol. The average molecular weight is 275 g/mol. The van der Waals surface area contributed by atoms with Crippen LogP contribution >= 0.6 is 12.6 Å². The fraction of sp³-hybridized carbons (Fsp3) is 0.800. The number of carboxylic acids is 1. The van der Waals surface area contributed by atoms with Crippen LogP contribution in [0.3, 0.4) is 0 Å². The minimum absolute atomic E-state index is 0.188. The van der Waals surface area contributed by atoms with Gasteiger partial charge < -0.3 is 10.4 Å². The first kappa shape index (κ1) is 14.9. The van der Waals surface area contributed by atoms with Crippen molar-refractivity contribution >= 4 is 24.5 Å². The molecule has 3 unspecified atom stereocenters. The molecule has 0 aliphatic carbocycles. The number of nitrogens with zero attached hydrogens (tertiary/aromatic N) is 2. The summed E-state index contributed by atoms with van der Waals surface area (Å²) >= 11 is 4.30. The first-order chi connectivity index (χ1) is 8.32. The van der Waals surface area contributed by atoms with E-state index in [1.807, 2.05) is 11.9 Å². The number of likely N-dealkylation sites (tertiary alicyclic amines) is 1. The highest BCUT2D eigenvalue weighted by Crippen LogP contribution is 2.34. The molecule has 1 rings (SSSR count). The van der Waals surface area contributed by atoms with E-state index < -0.39 is 23.5 Å². The summed E-state index contributed by atoms with van der Waals surface area (Å²) in [5.74, 6) is -1.75. The van der Waals surface area contributed by atoms with Crippen molar-refractivity contribution in [3.63, 3.8) is 0 Å². The number of piperidine rings is 1. The SMILES string of the molecule is CC(=O)NC(C(=O)O)C1(N=O)CCN(C)C(S)C1. The summed E-state index contributed by atoms with van der Waals surface area (Å²) < 4.78 is 0. The lowest BCUT2D eigenvalue weighted by molar-refractivity contribution is -0.144. The van der Waals surface area contributed by atoms with E-state index >= 15 is 0 Å². The lowest BCUT2D eigenvalue weighted by Gasteiger charge is -2.41. The van der Waals surface area contributed by atoms with Gasteiger partial charge in [0.1, 0.15) is 5.54 Å². The van der Waals surface area contributed by atoms with E-state index in [-0.39, 0.29) is 18.2 Å². The summed E-state index contributed by atoms with van der Waals surface area (Å²) in [6.45, 7) is 1.71. The standard InChI is InChI=1S/C10H17N3O4S/c1-6(14)11-8(9(15)16)10(12-17)3-4-13(2)7(18)5-10/h7-8,18H,3-5H2,1-2H3,(H,11,14)(H,15,16). The zero-order chi connectivity index (χ0) is 13.9. The normalized spacial score (nSPS) is 30.5. The quantitative estimate of drug-likeness (QED) is 0.498. The summed E-state index contributed by atoms with van der Waals surface area (Å²) in [5.41, 5.74) is -1.34. The molecule has 1 fully saturated rings. The molecule has 0 spiro atoms. The van der Waals surface area contributed by atoms with Gasteiger partial charge in [0.15, 0.2) is 6.04 Å². The van der Waals surface area contributed by atoms with E-state index in [2.05, 4.69) is 23.1 Å². The maximum atomic E-state index is 11.2. The molecule has 18 heavy (non-hydrogen) atoms. The van der Waals surface area contributed by atoms with Gasteiger partial charge in [0.05, 0.1) is 5.37 Å². The zero-order valence-corrected chi connectivity index (χ0v) is 11.2. The van der Waals surface area contributed by atoms with E-state index in [4.69, 9.17) is 0 Å². The van der Waals surface area contributed by atoms with Crippen LogP contribution in [0, 0.1) is 4.91 Å². The molecule has 7 nitrogen and oxygen atoms in total. The lowest BCUT2D eigenvalue weighted by Crippen LogP contribution is -2.60. The Labute approximate surface area is 110 Å². The van der Waals surface area contributed by atoms with Crippen molar-refractivity contribution in [3.8, 4) is 0 Å².